The molecule has 0 fully saturated rings. The Hall–Kier alpha value is -0.670. The van der Waals surface area contributed by atoms with Crippen molar-refractivity contribution in [1.82, 2.24) is 4.98 Å². The van der Waals surface area contributed by atoms with E-state index in [1.54, 1.807) is 12.3 Å². The molecule has 1 rings (SSSR count). The van der Waals surface area contributed by atoms with Crippen LogP contribution in [0.2, 0.25) is 4.34 Å². The fourth-order valence-corrected chi connectivity index (χ4v) is 1.70. The molecule has 1 aromatic rings. The Morgan fingerprint density at radius 1 is 1.69 bits per heavy atom. The first-order valence-corrected chi connectivity index (χ1v) is 5.11. The third-order valence-corrected chi connectivity index (χ3v) is 2.65. The van der Waals surface area contributed by atoms with Gasteiger partial charge in [-0.05, 0) is 17.6 Å². The highest BCUT2D eigenvalue weighted by Crippen LogP contribution is 2.21. The quantitative estimate of drug-likeness (QED) is 0.573. The minimum Gasteiger partial charge on any atom is -0.298 e. The van der Waals surface area contributed by atoms with Crippen molar-refractivity contribution in [3.63, 3.8) is 0 Å². The van der Waals surface area contributed by atoms with Crippen molar-refractivity contribution >= 4 is 35.3 Å². The number of carbonyl (C=O) groups excluding carboxylic acids is 1. The second kappa shape index (κ2) is 4.53. The Kier molecular flexibility index (Phi) is 3.63. The van der Waals surface area contributed by atoms with Gasteiger partial charge >= 0.3 is 0 Å². The summed E-state index contributed by atoms with van der Waals surface area (Å²) in [6.07, 6.45) is 4.22. The fraction of sp³-hybridized carbons (Fsp3) is 0.333. The predicted molar refractivity (Wildman–Crippen MR) is 56.0 cm³/mol. The predicted octanol–water partition coefficient (Wildman–Crippen LogP) is 3.03. The smallest absolute Gasteiger partial charge is 0.146 e. The molecule has 0 aromatic carbocycles. The maximum atomic E-state index is 10.6. The Morgan fingerprint density at radius 2 is 2.38 bits per heavy atom. The molecule has 70 valence electrons. The maximum absolute atomic E-state index is 10.6. The topological polar surface area (TPSA) is 30.0 Å². The van der Waals surface area contributed by atoms with Gasteiger partial charge < -0.3 is 0 Å². The van der Waals surface area contributed by atoms with Crippen LogP contribution >= 0.6 is 22.9 Å². The molecule has 0 saturated carbocycles. The van der Waals surface area contributed by atoms with Crippen LogP contribution in [0.3, 0.4) is 0 Å². The van der Waals surface area contributed by atoms with Crippen molar-refractivity contribution in [1.29, 1.82) is 0 Å². The normalized spacial score (nSPS) is 12.2. The molecule has 0 spiro atoms. The number of rotatable bonds is 3. The van der Waals surface area contributed by atoms with Crippen molar-refractivity contribution in [3.05, 3.63) is 21.1 Å². The molecule has 0 radical (unpaired) electrons. The SMILES string of the molecule is CC(C)/C(C=O)=C/c1ncc(Cl)s1. The van der Waals surface area contributed by atoms with E-state index >= 15 is 0 Å². The van der Waals surface area contributed by atoms with Crippen LogP contribution < -0.4 is 0 Å². The van der Waals surface area contributed by atoms with Crippen LogP contribution in [0, 0.1) is 5.92 Å². The number of carbonyl (C=O) groups is 1. The average molecular weight is 216 g/mol. The first-order valence-electron chi connectivity index (χ1n) is 3.91. The Morgan fingerprint density at radius 3 is 2.77 bits per heavy atom. The lowest BCUT2D eigenvalue weighted by atomic mass is 10.1. The highest BCUT2D eigenvalue weighted by molar-refractivity contribution is 7.16. The molecule has 1 aromatic heterocycles. The lowest BCUT2D eigenvalue weighted by Gasteiger charge is -2.00. The van der Waals surface area contributed by atoms with Crippen LogP contribution in [0.15, 0.2) is 11.8 Å². The van der Waals surface area contributed by atoms with Gasteiger partial charge in [0.15, 0.2) is 0 Å². The Labute approximate surface area is 86.3 Å². The van der Waals surface area contributed by atoms with Gasteiger partial charge in [-0.1, -0.05) is 25.4 Å². The van der Waals surface area contributed by atoms with Gasteiger partial charge in [-0.3, -0.25) is 4.79 Å². The Balaban J connectivity index is 2.91. The number of aldehydes is 1. The van der Waals surface area contributed by atoms with Crippen LogP contribution in [0.5, 0.6) is 0 Å². The molecule has 0 amide bonds. The summed E-state index contributed by atoms with van der Waals surface area (Å²) in [6.45, 7) is 3.94. The standard InChI is InChI=1S/C9H10ClNOS/c1-6(2)7(5-12)3-9-11-4-8(10)13-9/h3-6H,1-2H3/b7-3+. The number of allylic oxidation sites excluding steroid dienone is 1. The molecule has 0 aliphatic carbocycles. The van der Waals surface area contributed by atoms with Crippen molar-refractivity contribution in [2.45, 2.75) is 13.8 Å². The van der Waals surface area contributed by atoms with Gasteiger partial charge in [-0.25, -0.2) is 4.98 Å². The van der Waals surface area contributed by atoms with Gasteiger partial charge in [-0.15, -0.1) is 11.3 Å². The van der Waals surface area contributed by atoms with E-state index in [9.17, 15) is 4.79 Å². The summed E-state index contributed by atoms with van der Waals surface area (Å²) in [7, 11) is 0. The third kappa shape index (κ3) is 2.94. The lowest BCUT2D eigenvalue weighted by molar-refractivity contribution is -0.105. The molecule has 0 atom stereocenters. The first kappa shape index (κ1) is 10.4. The number of halogens is 1. The summed E-state index contributed by atoms with van der Waals surface area (Å²) in [5.74, 6) is 0.222. The summed E-state index contributed by atoms with van der Waals surface area (Å²) >= 11 is 7.07. The molecule has 0 aliphatic rings. The van der Waals surface area contributed by atoms with Gasteiger partial charge in [0, 0.05) is 0 Å². The van der Waals surface area contributed by atoms with E-state index in [4.69, 9.17) is 11.6 Å². The molecular weight excluding hydrogens is 206 g/mol. The maximum Gasteiger partial charge on any atom is 0.146 e. The van der Waals surface area contributed by atoms with Gasteiger partial charge in [-0.2, -0.15) is 0 Å². The second-order valence-corrected chi connectivity index (χ2v) is 4.61. The molecule has 1 heterocycles. The van der Waals surface area contributed by atoms with Crippen molar-refractivity contribution < 1.29 is 4.79 Å². The van der Waals surface area contributed by atoms with Gasteiger partial charge in [0.1, 0.15) is 15.6 Å². The lowest BCUT2D eigenvalue weighted by Crippen LogP contribution is -1.94. The molecule has 13 heavy (non-hydrogen) atoms. The zero-order valence-electron chi connectivity index (χ0n) is 7.45. The first-order chi connectivity index (χ1) is 6.13. The van der Waals surface area contributed by atoms with E-state index in [1.165, 1.54) is 11.3 Å². The highest BCUT2D eigenvalue weighted by Gasteiger charge is 2.03. The van der Waals surface area contributed by atoms with Crippen LogP contribution in [-0.4, -0.2) is 11.3 Å². The van der Waals surface area contributed by atoms with Crippen molar-refractivity contribution in [2.75, 3.05) is 0 Å². The van der Waals surface area contributed by atoms with Gasteiger partial charge in [0.05, 0.1) is 6.20 Å². The highest BCUT2D eigenvalue weighted by atomic mass is 35.5. The third-order valence-electron chi connectivity index (χ3n) is 1.59. The van der Waals surface area contributed by atoms with E-state index < -0.39 is 0 Å². The monoisotopic (exact) mass is 215 g/mol. The van der Waals surface area contributed by atoms with Crippen molar-refractivity contribution in [3.8, 4) is 0 Å². The summed E-state index contributed by atoms with van der Waals surface area (Å²) in [5.41, 5.74) is 0.742. The molecule has 0 N–H and O–H groups in total. The second-order valence-electron chi connectivity index (χ2n) is 2.92. The summed E-state index contributed by atoms with van der Waals surface area (Å²) < 4.78 is 0.639. The minimum atomic E-state index is 0.222. The molecule has 0 saturated heterocycles. The van der Waals surface area contributed by atoms with Crippen molar-refractivity contribution in [2.24, 2.45) is 5.92 Å². The average Bonchev–Trinajstić information content (AvgIpc) is 2.46. The summed E-state index contributed by atoms with van der Waals surface area (Å²) in [4.78, 5) is 14.7. The molecule has 0 aliphatic heterocycles. The van der Waals surface area contributed by atoms with Gasteiger partial charge in [0.25, 0.3) is 0 Å². The largest absolute Gasteiger partial charge is 0.298 e. The Bertz CT molecular complexity index is 330. The molecule has 2 nitrogen and oxygen atoms in total. The molecule has 4 heteroatoms. The molecular formula is C9H10ClNOS. The number of nitrogens with zero attached hydrogens (tertiary/aromatic N) is 1. The van der Waals surface area contributed by atoms with E-state index in [1.807, 2.05) is 13.8 Å². The van der Waals surface area contributed by atoms with Gasteiger partial charge in [0.2, 0.25) is 0 Å². The number of thiazole rings is 1. The van der Waals surface area contributed by atoms with E-state index in [-0.39, 0.29) is 5.92 Å². The summed E-state index contributed by atoms with van der Waals surface area (Å²) in [6, 6.07) is 0. The number of hydrogen-bond acceptors (Lipinski definition) is 3. The van der Waals surface area contributed by atoms with E-state index in [0.717, 1.165) is 16.9 Å². The number of hydrogen-bond donors (Lipinski definition) is 0. The van der Waals surface area contributed by atoms with Crippen LogP contribution in [0.1, 0.15) is 18.9 Å². The number of aromatic nitrogens is 1. The van der Waals surface area contributed by atoms with Crippen LogP contribution in [0.4, 0.5) is 0 Å². The molecule has 0 bridgehead atoms. The zero-order valence-corrected chi connectivity index (χ0v) is 9.02. The van der Waals surface area contributed by atoms with Crippen LogP contribution in [0.25, 0.3) is 6.08 Å². The summed E-state index contributed by atoms with van der Waals surface area (Å²) in [5, 5.41) is 0.779. The zero-order chi connectivity index (χ0) is 9.84. The van der Waals surface area contributed by atoms with E-state index in [2.05, 4.69) is 4.98 Å². The fourth-order valence-electron chi connectivity index (χ4n) is 0.813. The minimum absolute atomic E-state index is 0.222. The van der Waals surface area contributed by atoms with E-state index in [0.29, 0.717) is 4.34 Å². The molecule has 0 unspecified atom stereocenters. The van der Waals surface area contributed by atoms with Crippen LogP contribution in [-0.2, 0) is 4.79 Å².